The number of ether oxygens (including phenoxy) is 1. The van der Waals surface area contributed by atoms with Crippen LogP contribution in [0, 0.1) is 6.92 Å². The van der Waals surface area contributed by atoms with E-state index in [1.165, 1.54) is 6.07 Å². The molecule has 3 N–H and O–H groups in total. The van der Waals surface area contributed by atoms with Crippen LogP contribution in [0.4, 0.5) is 5.69 Å². The normalized spacial score (nSPS) is 8.11. The number of phenols is 1. The van der Waals surface area contributed by atoms with Gasteiger partial charge in [-0.05, 0) is 30.7 Å². The SMILES string of the molecule is COc1ccccc1.Cc1ccc(N)cc1O.Cl.Cl. The van der Waals surface area contributed by atoms with Crippen LogP contribution in [0.25, 0.3) is 0 Å². The average Bonchev–Trinajstić information content (AvgIpc) is 2.36. The summed E-state index contributed by atoms with van der Waals surface area (Å²) in [6.07, 6.45) is 0. The third kappa shape index (κ3) is 7.44. The van der Waals surface area contributed by atoms with Gasteiger partial charge < -0.3 is 15.6 Å². The maximum absolute atomic E-state index is 9.02. The molecule has 0 atom stereocenters. The van der Waals surface area contributed by atoms with E-state index in [1.807, 2.05) is 37.3 Å². The topological polar surface area (TPSA) is 55.5 Å². The summed E-state index contributed by atoms with van der Waals surface area (Å²) in [6.45, 7) is 1.83. The van der Waals surface area contributed by atoms with Crippen LogP contribution in [0.3, 0.4) is 0 Å². The molecule has 0 aromatic heterocycles. The molecule has 0 saturated heterocycles. The minimum absolute atomic E-state index is 0. The van der Waals surface area contributed by atoms with Crippen molar-refractivity contribution in [2.75, 3.05) is 12.8 Å². The van der Waals surface area contributed by atoms with E-state index in [0.29, 0.717) is 5.69 Å². The van der Waals surface area contributed by atoms with Crippen molar-refractivity contribution in [2.45, 2.75) is 6.92 Å². The van der Waals surface area contributed by atoms with E-state index in [-0.39, 0.29) is 30.6 Å². The number of aromatic hydroxyl groups is 1. The fourth-order valence-corrected chi connectivity index (χ4v) is 1.18. The fourth-order valence-electron chi connectivity index (χ4n) is 1.18. The van der Waals surface area contributed by atoms with E-state index in [2.05, 4.69) is 0 Å². The number of halogens is 2. The first-order valence-electron chi connectivity index (χ1n) is 5.27. The van der Waals surface area contributed by atoms with Gasteiger partial charge in [-0.15, -0.1) is 24.8 Å². The van der Waals surface area contributed by atoms with Gasteiger partial charge in [-0.3, -0.25) is 0 Å². The highest BCUT2D eigenvalue weighted by atomic mass is 35.5. The third-order valence-electron chi connectivity index (χ3n) is 2.21. The van der Waals surface area contributed by atoms with E-state index >= 15 is 0 Å². The van der Waals surface area contributed by atoms with Gasteiger partial charge in [0.05, 0.1) is 7.11 Å². The molecule has 5 heteroatoms. The van der Waals surface area contributed by atoms with Gasteiger partial charge in [0, 0.05) is 11.8 Å². The predicted octanol–water partition coefficient (Wildman–Crippen LogP) is 3.82. The Kier molecular flexibility index (Phi) is 10.8. The molecular weight excluding hydrogens is 285 g/mol. The molecule has 0 unspecified atom stereocenters. The summed E-state index contributed by atoms with van der Waals surface area (Å²) in [6, 6.07) is 14.8. The largest absolute Gasteiger partial charge is 0.508 e. The molecule has 0 bridgehead atoms. The zero-order chi connectivity index (χ0) is 12.7. The van der Waals surface area contributed by atoms with Crippen LogP contribution in [0.2, 0.25) is 0 Å². The van der Waals surface area contributed by atoms with Crippen LogP contribution in [0.15, 0.2) is 48.5 Å². The summed E-state index contributed by atoms with van der Waals surface area (Å²) in [4.78, 5) is 0. The Balaban J connectivity index is 0. The number of nitrogen functional groups attached to an aromatic ring is 1. The van der Waals surface area contributed by atoms with Crippen molar-refractivity contribution in [3.05, 3.63) is 54.1 Å². The molecule has 2 aromatic rings. The first-order valence-corrected chi connectivity index (χ1v) is 5.27. The van der Waals surface area contributed by atoms with Gasteiger partial charge in [-0.2, -0.15) is 0 Å². The molecule has 0 aliphatic heterocycles. The van der Waals surface area contributed by atoms with Gasteiger partial charge in [0.25, 0.3) is 0 Å². The van der Waals surface area contributed by atoms with Gasteiger partial charge in [0.1, 0.15) is 11.5 Å². The number of nitrogens with two attached hydrogens (primary N) is 1. The maximum Gasteiger partial charge on any atom is 0.120 e. The number of hydrogen-bond acceptors (Lipinski definition) is 3. The summed E-state index contributed by atoms with van der Waals surface area (Å²) < 4.78 is 4.91. The van der Waals surface area contributed by atoms with Gasteiger partial charge in [-0.25, -0.2) is 0 Å². The van der Waals surface area contributed by atoms with Gasteiger partial charge in [0.2, 0.25) is 0 Å². The van der Waals surface area contributed by atoms with Crippen molar-refractivity contribution in [1.29, 1.82) is 0 Å². The number of hydrogen-bond donors (Lipinski definition) is 2. The molecule has 0 heterocycles. The molecule has 0 aliphatic carbocycles. The Morgan fingerprint density at radius 2 is 1.58 bits per heavy atom. The van der Waals surface area contributed by atoms with Crippen LogP contribution in [-0.4, -0.2) is 12.2 Å². The zero-order valence-electron chi connectivity index (χ0n) is 10.9. The molecule has 0 radical (unpaired) electrons. The second-order valence-corrected chi connectivity index (χ2v) is 3.56. The lowest BCUT2D eigenvalue weighted by atomic mass is 10.2. The van der Waals surface area contributed by atoms with E-state index in [0.717, 1.165) is 11.3 Å². The second-order valence-electron chi connectivity index (χ2n) is 3.56. The average molecular weight is 304 g/mol. The lowest BCUT2D eigenvalue weighted by Crippen LogP contribution is -1.83. The van der Waals surface area contributed by atoms with Gasteiger partial charge >= 0.3 is 0 Å². The van der Waals surface area contributed by atoms with Crippen LogP contribution in [-0.2, 0) is 0 Å². The minimum Gasteiger partial charge on any atom is -0.508 e. The molecule has 0 amide bonds. The quantitative estimate of drug-likeness (QED) is 0.787. The van der Waals surface area contributed by atoms with E-state index in [4.69, 9.17) is 15.6 Å². The molecule has 0 aliphatic rings. The van der Waals surface area contributed by atoms with Crippen LogP contribution in [0.5, 0.6) is 11.5 Å². The smallest absolute Gasteiger partial charge is 0.120 e. The highest BCUT2D eigenvalue weighted by Crippen LogP contribution is 2.17. The Morgan fingerprint density at radius 3 is 1.95 bits per heavy atom. The summed E-state index contributed by atoms with van der Waals surface area (Å²) in [7, 11) is 1.66. The van der Waals surface area contributed by atoms with Crippen molar-refractivity contribution in [3.8, 4) is 11.5 Å². The molecule has 0 fully saturated rings. The molecule has 19 heavy (non-hydrogen) atoms. The van der Waals surface area contributed by atoms with E-state index in [9.17, 15) is 0 Å². The Hall–Kier alpha value is -1.58. The maximum atomic E-state index is 9.02. The van der Waals surface area contributed by atoms with Crippen molar-refractivity contribution in [2.24, 2.45) is 0 Å². The number of methoxy groups -OCH3 is 1. The van der Waals surface area contributed by atoms with Crippen molar-refractivity contribution in [1.82, 2.24) is 0 Å². The van der Waals surface area contributed by atoms with Crippen molar-refractivity contribution < 1.29 is 9.84 Å². The van der Waals surface area contributed by atoms with Gasteiger partial charge in [-0.1, -0.05) is 24.3 Å². The standard InChI is InChI=1S/C7H9NO.C7H8O.2ClH/c1-5-2-3-6(8)4-7(5)9;1-8-7-5-3-2-4-6-7;;/h2-4,9H,8H2,1H3;2-6H,1H3;2*1H. The summed E-state index contributed by atoms with van der Waals surface area (Å²) >= 11 is 0. The Morgan fingerprint density at radius 1 is 1.00 bits per heavy atom. The number of benzene rings is 2. The Bertz CT molecular complexity index is 464. The van der Waals surface area contributed by atoms with E-state index < -0.39 is 0 Å². The first-order chi connectivity index (χ1) is 8.13. The third-order valence-corrected chi connectivity index (χ3v) is 2.21. The highest BCUT2D eigenvalue weighted by Gasteiger charge is 1.92. The Labute approximate surface area is 126 Å². The lowest BCUT2D eigenvalue weighted by molar-refractivity contribution is 0.415. The lowest BCUT2D eigenvalue weighted by Gasteiger charge is -1.97. The minimum atomic E-state index is 0. The zero-order valence-corrected chi connectivity index (χ0v) is 12.5. The first kappa shape index (κ1) is 19.8. The van der Waals surface area contributed by atoms with Crippen molar-refractivity contribution >= 4 is 30.5 Å². The monoisotopic (exact) mass is 303 g/mol. The summed E-state index contributed by atoms with van der Waals surface area (Å²) in [5, 5.41) is 9.02. The van der Waals surface area contributed by atoms with Gasteiger partial charge in [0.15, 0.2) is 0 Å². The fraction of sp³-hybridized carbons (Fsp3) is 0.143. The number of para-hydroxylation sites is 1. The predicted molar refractivity (Wildman–Crippen MR) is 84.7 cm³/mol. The molecule has 0 spiro atoms. The van der Waals surface area contributed by atoms with Crippen LogP contribution < -0.4 is 10.5 Å². The van der Waals surface area contributed by atoms with Crippen molar-refractivity contribution in [3.63, 3.8) is 0 Å². The molecular formula is C14H19Cl2NO2. The highest BCUT2D eigenvalue weighted by molar-refractivity contribution is 5.85. The van der Waals surface area contributed by atoms with E-state index in [1.54, 1.807) is 19.2 Å². The number of anilines is 1. The number of phenolic OH excluding ortho intramolecular Hbond substituents is 1. The summed E-state index contributed by atoms with van der Waals surface area (Å²) in [5.74, 6) is 1.17. The molecule has 2 rings (SSSR count). The number of aryl methyl sites for hydroxylation is 1. The molecule has 3 nitrogen and oxygen atoms in total. The molecule has 106 valence electrons. The number of rotatable bonds is 1. The molecule has 0 saturated carbocycles. The van der Waals surface area contributed by atoms with Crippen LogP contribution >= 0.6 is 24.8 Å². The molecule has 2 aromatic carbocycles. The second kappa shape index (κ2) is 10.4. The van der Waals surface area contributed by atoms with Crippen LogP contribution in [0.1, 0.15) is 5.56 Å². The summed E-state index contributed by atoms with van der Waals surface area (Å²) in [5.41, 5.74) is 6.81.